The number of para-hydroxylation sites is 2. The summed E-state index contributed by atoms with van der Waals surface area (Å²) in [5.41, 5.74) is 7.59. The van der Waals surface area contributed by atoms with Crippen LogP contribution in [0.4, 0.5) is 0 Å². The van der Waals surface area contributed by atoms with Crippen LogP contribution in [-0.4, -0.2) is 20.9 Å². The monoisotopic (exact) mass is 257 g/mol. The van der Waals surface area contributed by atoms with Crippen LogP contribution in [0.2, 0.25) is 0 Å². The Morgan fingerprint density at radius 3 is 2.74 bits per heavy atom. The van der Waals surface area contributed by atoms with E-state index in [4.69, 9.17) is 5.73 Å². The fraction of sp³-hybridized carbons (Fsp3) is 0.467. The number of fused-ring (bicyclic) bond motifs is 1. The van der Waals surface area contributed by atoms with Crippen molar-refractivity contribution in [2.75, 3.05) is 0 Å². The van der Waals surface area contributed by atoms with E-state index in [1.807, 2.05) is 35.9 Å². The molecule has 0 spiro atoms. The van der Waals surface area contributed by atoms with Gasteiger partial charge in [-0.2, -0.15) is 0 Å². The highest BCUT2D eigenvalue weighted by atomic mass is 16.1. The summed E-state index contributed by atoms with van der Waals surface area (Å²) in [6.07, 6.45) is 4.09. The lowest BCUT2D eigenvalue weighted by atomic mass is 9.91. The molecule has 19 heavy (non-hydrogen) atoms. The van der Waals surface area contributed by atoms with Gasteiger partial charge >= 0.3 is 0 Å². The first kappa shape index (κ1) is 12.4. The number of benzene rings is 1. The number of carbonyl (C=O) groups is 1. The molecule has 0 saturated heterocycles. The van der Waals surface area contributed by atoms with E-state index < -0.39 is 5.54 Å². The predicted molar refractivity (Wildman–Crippen MR) is 74.8 cm³/mol. The molecule has 3 rings (SSSR count). The van der Waals surface area contributed by atoms with Crippen molar-refractivity contribution in [3.8, 4) is 0 Å². The summed E-state index contributed by atoms with van der Waals surface area (Å²) in [6.45, 7) is 0. The Balaban J connectivity index is 1.89. The number of aryl methyl sites for hydroxylation is 1. The van der Waals surface area contributed by atoms with Crippen LogP contribution >= 0.6 is 0 Å². The van der Waals surface area contributed by atoms with E-state index in [-0.39, 0.29) is 5.78 Å². The Morgan fingerprint density at radius 1 is 1.37 bits per heavy atom. The maximum absolute atomic E-state index is 12.4. The van der Waals surface area contributed by atoms with E-state index in [9.17, 15) is 4.79 Å². The molecule has 0 unspecified atom stereocenters. The molecular weight excluding hydrogens is 238 g/mol. The Bertz CT molecular complexity index is 623. The van der Waals surface area contributed by atoms with Crippen molar-refractivity contribution in [2.45, 2.75) is 37.6 Å². The molecule has 0 radical (unpaired) electrons. The number of nitrogens with zero attached hydrogens (tertiary/aromatic N) is 2. The summed E-state index contributed by atoms with van der Waals surface area (Å²) in [5.74, 6) is 0.936. The lowest BCUT2D eigenvalue weighted by Gasteiger charge is -2.21. The normalized spacial score (nSPS) is 18.0. The zero-order valence-corrected chi connectivity index (χ0v) is 11.2. The Kier molecular flexibility index (Phi) is 2.90. The summed E-state index contributed by atoms with van der Waals surface area (Å²) < 4.78 is 1.99. The van der Waals surface area contributed by atoms with Gasteiger partial charge in [-0.05, 0) is 25.0 Å². The zero-order valence-electron chi connectivity index (χ0n) is 11.2. The van der Waals surface area contributed by atoms with Crippen LogP contribution in [0.25, 0.3) is 11.0 Å². The van der Waals surface area contributed by atoms with Gasteiger partial charge in [-0.1, -0.05) is 25.0 Å². The van der Waals surface area contributed by atoms with Crippen molar-refractivity contribution in [3.05, 3.63) is 30.1 Å². The molecule has 1 heterocycles. The number of nitrogens with two attached hydrogens (primary N) is 1. The first-order valence-electron chi connectivity index (χ1n) is 6.83. The van der Waals surface area contributed by atoms with Gasteiger partial charge in [-0.3, -0.25) is 4.79 Å². The molecule has 1 saturated carbocycles. The molecule has 0 bridgehead atoms. The second-order valence-electron chi connectivity index (χ2n) is 5.54. The highest BCUT2D eigenvalue weighted by Crippen LogP contribution is 2.29. The maximum atomic E-state index is 12.4. The first-order valence-corrected chi connectivity index (χ1v) is 6.83. The highest BCUT2D eigenvalue weighted by molar-refractivity contribution is 5.90. The molecule has 2 aromatic rings. The third-order valence-corrected chi connectivity index (χ3v) is 4.25. The fourth-order valence-electron chi connectivity index (χ4n) is 2.96. The number of rotatable bonds is 3. The molecule has 0 aliphatic heterocycles. The van der Waals surface area contributed by atoms with E-state index in [0.717, 1.165) is 42.5 Å². The molecular formula is C15H19N3O. The molecule has 4 nitrogen and oxygen atoms in total. The molecule has 1 aliphatic carbocycles. The van der Waals surface area contributed by atoms with Crippen molar-refractivity contribution >= 4 is 16.8 Å². The lowest BCUT2D eigenvalue weighted by Crippen LogP contribution is -2.46. The van der Waals surface area contributed by atoms with E-state index in [1.165, 1.54) is 0 Å². The molecule has 1 aromatic heterocycles. The van der Waals surface area contributed by atoms with Crippen LogP contribution < -0.4 is 5.73 Å². The van der Waals surface area contributed by atoms with Crippen LogP contribution in [0.5, 0.6) is 0 Å². The second-order valence-corrected chi connectivity index (χ2v) is 5.54. The van der Waals surface area contributed by atoms with Gasteiger partial charge in [-0.15, -0.1) is 0 Å². The molecule has 1 aliphatic rings. The van der Waals surface area contributed by atoms with Crippen LogP contribution in [-0.2, 0) is 18.3 Å². The molecule has 0 amide bonds. The van der Waals surface area contributed by atoms with Crippen molar-refractivity contribution in [2.24, 2.45) is 12.8 Å². The Labute approximate surface area is 112 Å². The van der Waals surface area contributed by atoms with Gasteiger partial charge in [0.15, 0.2) is 5.78 Å². The number of aromatic nitrogens is 2. The number of carbonyl (C=O) groups excluding carboxylic acids is 1. The number of Topliss-reactive ketones (excluding diaryl/α,β-unsaturated/α-hetero) is 1. The van der Waals surface area contributed by atoms with E-state index >= 15 is 0 Å². The number of imidazole rings is 1. The number of ketones is 1. The van der Waals surface area contributed by atoms with Gasteiger partial charge in [-0.25, -0.2) is 4.98 Å². The molecule has 0 atom stereocenters. The Morgan fingerprint density at radius 2 is 2.05 bits per heavy atom. The van der Waals surface area contributed by atoms with Gasteiger partial charge in [0.05, 0.1) is 23.0 Å². The van der Waals surface area contributed by atoms with Crippen LogP contribution in [0, 0.1) is 0 Å². The number of hydrogen-bond acceptors (Lipinski definition) is 3. The van der Waals surface area contributed by atoms with Crippen LogP contribution in [0.3, 0.4) is 0 Å². The topological polar surface area (TPSA) is 60.9 Å². The highest BCUT2D eigenvalue weighted by Gasteiger charge is 2.37. The maximum Gasteiger partial charge on any atom is 0.160 e. The number of hydrogen-bond donors (Lipinski definition) is 1. The van der Waals surface area contributed by atoms with Gasteiger partial charge in [0.2, 0.25) is 0 Å². The van der Waals surface area contributed by atoms with E-state index in [2.05, 4.69) is 4.98 Å². The van der Waals surface area contributed by atoms with Gasteiger partial charge < -0.3 is 10.3 Å². The largest absolute Gasteiger partial charge is 0.331 e. The van der Waals surface area contributed by atoms with Crippen molar-refractivity contribution in [1.29, 1.82) is 0 Å². The van der Waals surface area contributed by atoms with E-state index in [0.29, 0.717) is 6.42 Å². The van der Waals surface area contributed by atoms with E-state index in [1.54, 1.807) is 0 Å². The molecule has 4 heteroatoms. The summed E-state index contributed by atoms with van der Waals surface area (Å²) in [4.78, 5) is 16.9. The zero-order chi connectivity index (χ0) is 13.5. The van der Waals surface area contributed by atoms with Crippen molar-refractivity contribution < 1.29 is 4.79 Å². The third-order valence-electron chi connectivity index (χ3n) is 4.25. The SMILES string of the molecule is Cn1c(CC(=O)C2(N)CCCC2)nc2ccccc21. The summed E-state index contributed by atoms with van der Waals surface area (Å²) in [7, 11) is 1.95. The van der Waals surface area contributed by atoms with Gasteiger partial charge in [0.1, 0.15) is 5.82 Å². The molecule has 100 valence electrons. The minimum absolute atomic E-state index is 0.128. The van der Waals surface area contributed by atoms with Crippen LogP contribution in [0.1, 0.15) is 31.5 Å². The second kappa shape index (κ2) is 4.46. The summed E-state index contributed by atoms with van der Waals surface area (Å²) in [5, 5.41) is 0. The Hall–Kier alpha value is -1.68. The quantitative estimate of drug-likeness (QED) is 0.914. The third kappa shape index (κ3) is 2.06. The summed E-state index contributed by atoms with van der Waals surface area (Å²) >= 11 is 0. The first-order chi connectivity index (χ1) is 9.10. The van der Waals surface area contributed by atoms with Crippen molar-refractivity contribution in [1.82, 2.24) is 9.55 Å². The molecule has 2 N–H and O–H groups in total. The summed E-state index contributed by atoms with van der Waals surface area (Å²) in [6, 6.07) is 7.93. The van der Waals surface area contributed by atoms with Gasteiger partial charge in [0.25, 0.3) is 0 Å². The average Bonchev–Trinajstić information content (AvgIpc) is 2.97. The average molecular weight is 257 g/mol. The minimum Gasteiger partial charge on any atom is -0.331 e. The minimum atomic E-state index is -0.613. The lowest BCUT2D eigenvalue weighted by molar-refractivity contribution is -0.123. The molecule has 1 aromatic carbocycles. The predicted octanol–water partition coefficient (Wildman–Crippen LogP) is 1.96. The van der Waals surface area contributed by atoms with Crippen molar-refractivity contribution in [3.63, 3.8) is 0 Å². The fourth-order valence-corrected chi connectivity index (χ4v) is 2.96. The molecule has 1 fully saturated rings. The smallest absolute Gasteiger partial charge is 0.160 e. The van der Waals surface area contributed by atoms with Crippen LogP contribution in [0.15, 0.2) is 24.3 Å². The van der Waals surface area contributed by atoms with Gasteiger partial charge in [0, 0.05) is 7.05 Å². The standard InChI is InChI=1S/C15H19N3O/c1-18-12-7-3-2-6-11(12)17-14(18)10-13(19)15(16)8-4-5-9-15/h2-3,6-7H,4-5,8-10,16H2,1H3.